The Labute approximate surface area is 155 Å². The Balaban J connectivity index is 1.52. The normalized spacial score (nSPS) is 10.3. The zero-order chi connectivity index (χ0) is 18.4. The summed E-state index contributed by atoms with van der Waals surface area (Å²) < 4.78 is 0. The molecule has 0 bridgehead atoms. The standard InChI is InChI=1S/C19H18N4O2S/c1-13-7-9-16(20-11-13)22-18(25)15-12-26-19(21-15)23-17(24)10-8-14-5-3-2-4-6-14/h2-7,9,11-12H,8,10H2,1H3,(H,20,22,25)(H,21,23,24). The van der Waals surface area contributed by atoms with E-state index >= 15 is 0 Å². The van der Waals surface area contributed by atoms with Gasteiger partial charge in [-0.15, -0.1) is 11.3 Å². The highest BCUT2D eigenvalue weighted by Gasteiger charge is 2.13. The van der Waals surface area contributed by atoms with Crippen molar-refractivity contribution in [3.63, 3.8) is 0 Å². The Morgan fingerprint density at radius 1 is 1.08 bits per heavy atom. The summed E-state index contributed by atoms with van der Waals surface area (Å²) in [5, 5.41) is 7.43. The number of thiazole rings is 1. The fraction of sp³-hybridized carbons (Fsp3) is 0.158. The fourth-order valence-corrected chi connectivity index (χ4v) is 2.95. The number of hydrogen-bond donors (Lipinski definition) is 2. The molecule has 1 aromatic carbocycles. The molecule has 26 heavy (non-hydrogen) atoms. The van der Waals surface area contributed by atoms with Crippen LogP contribution >= 0.6 is 11.3 Å². The van der Waals surface area contributed by atoms with Gasteiger partial charge in [0.2, 0.25) is 5.91 Å². The number of rotatable bonds is 6. The predicted molar refractivity (Wildman–Crippen MR) is 102 cm³/mol. The largest absolute Gasteiger partial charge is 0.305 e. The van der Waals surface area contributed by atoms with Crippen LogP contribution in [0.3, 0.4) is 0 Å². The van der Waals surface area contributed by atoms with Crippen molar-refractivity contribution >= 4 is 34.1 Å². The number of amides is 2. The molecule has 2 N–H and O–H groups in total. The van der Waals surface area contributed by atoms with E-state index in [4.69, 9.17) is 0 Å². The van der Waals surface area contributed by atoms with Crippen LogP contribution in [0.4, 0.5) is 10.9 Å². The highest BCUT2D eigenvalue weighted by atomic mass is 32.1. The van der Waals surface area contributed by atoms with Gasteiger partial charge in [0.1, 0.15) is 11.5 Å². The van der Waals surface area contributed by atoms with Crippen LogP contribution < -0.4 is 10.6 Å². The topological polar surface area (TPSA) is 84.0 Å². The molecule has 0 spiro atoms. The fourth-order valence-electron chi connectivity index (χ4n) is 2.24. The molecule has 0 atom stereocenters. The van der Waals surface area contributed by atoms with Crippen molar-refractivity contribution in [3.05, 3.63) is 70.9 Å². The Bertz CT molecular complexity index is 891. The number of aryl methyl sites for hydroxylation is 2. The molecule has 6 nitrogen and oxygen atoms in total. The van der Waals surface area contributed by atoms with E-state index in [-0.39, 0.29) is 17.5 Å². The smallest absolute Gasteiger partial charge is 0.276 e. The lowest BCUT2D eigenvalue weighted by atomic mass is 10.1. The number of anilines is 2. The van der Waals surface area contributed by atoms with Crippen LogP contribution in [0, 0.1) is 6.92 Å². The molecule has 132 valence electrons. The average Bonchev–Trinajstić information content (AvgIpc) is 3.11. The summed E-state index contributed by atoms with van der Waals surface area (Å²) in [7, 11) is 0. The van der Waals surface area contributed by atoms with E-state index in [0.717, 1.165) is 11.1 Å². The minimum atomic E-state index is -0.359. The zero-order valence-corrected chi connectivity index (χ0v) is 15.0. The first-order valence-electron chi connectivity index (χ1n) is 8.13. The molecule has 0 fully saturated rings. The van der Waals surface area contributed by atoms with E-state index in [9.17, 15) is 9.59 Å². The van der Waals surface area contributed by atoms with Crippen molar-refractivity contribution in [2.24, 2.45) is 0 Å². The number of nitrogens with one attached hydrogen (secondary N) is 2. The van der Waals surface area contributed by atoms with Crippen LogP contribution in [-0.4, -0.2) is 21.8 Å². The quantitative estimate of drug-likeness (QED) is 0.697. The maximum Gasteiger partial charge on any atom is 0.276 e. The molecule has 0 radical (unpaired) electrons. The third-order valence-electron chi connectivity index (χ3n) is 3.62. The number of carbonyl (C=O) groups is 2. The monoisotopic (exact) mass is 366 g/mol. The molecule has 0 saturated heterocycles. The maximum absolute atomic E-state index is 12.2. The van der Waals surface area contributed by atoms with Crippen molar-refractivity contribution in [2.45, 2.75) is 19.8 Å². The van der Waals surface area contributed by atoms with Crippen molar-refractivity contribution in [1.82, 2.24) is 9.97 Å². The molecule has 0 aliphatic carbocycles. The Morgan fingerprint density at radius 3 is 2.62 bits per heavy atom. The van der Waals surface area contributed by atoms with Gasteiger partial charge in [-0.1, -0.05) is 36.4 Å². The summed E-state index contributed by atoms with van der Waals surface area (Å²) in [6.07, 6.45) is 2.69. The van der Waals surface area contributed by atoms with Gasteiger partial charge in [0.25, 0.3) is 5.91 Å². The van der Waals surface area contributed by atoms with E-state index in [1.807, 2.05) is 43.3 Å². The molecular weight excluding hydrogens is 348 g/mol. The average molecular weight is 366 g/mol. The van der Waals surface area contributed by atoms with Gasteiger partial charge < -0.3 is 10.6 Å². The van der Waals surface area contributed by atoms with E-state index in [1.165, 1.54) is 11.3 Å². The minimum Gasteiger partial charge on any atom is -0.305 e. The first-order chi connectivity index (χ1) is 12.6. The Kier molecular flexibility index (Phi) is 5.70. The summed E-state index contributed by atoms with van der Waals surface area (Å²) >= 11 is 1.22. The number of benzene rings is 1. The second-order valence-corrected chi connectivity index (χ2v) is 6.60. The second kappa shape index (κ2) is 8.35. The number of nitrogens with zero attached hydrogens (tertiary/aromatic N) is 2. The van der Waals surface area contributed by atoms with Gasteiger partial charge in [-0.05, 0) is 30.5 Å². The summed E-state index contributed by atoms with van der Waals surface area (Å²) in [5.41, 5.74) is 2.36. The first kappa shape index (κ1) is 17.8. The minimum absolute atomic E-state index is 0.129. The van der Waals surface area contributed by atoms with E-state index in [2.05, 4.69) is 20.6 Å². The molecule has 0 aliphatic rings. The van der Waals surface area contributed by atoms with Gasteiger partial charge in [-0.3, -0.25) is 9.59 Å². The summed E-state index contributed by atoms with van der Waals surface area (Å²) in [4.78, 5) is 32.5. The molecule has 7 heteroatoms. The number of carbonyl (C=O) groups excluding carboxylic acids is 2. The molecule has 0 unspecified atom stereocenters. The predicted octanol–water partition coefficient (Wildman–Crippen LogP) is 3.67. The van der Waals surface area contributed by atoms with Crippen LogP contribution in [0.15, 0.2) is 54.0 Å². The third kappa shape index (κ3) is 4.97. The SMILES string of the molecule is Cc1ccc(NC(=O)c2csc(NC(=O)CCc3ccccc3)n2)nc1. The highest BCUT2D eigenvalue weighted by Crippen LogP contribution is 2.17. The van der Waals surface area contributed by atoms with Gasteiger partial charge in [0.15, 0.2) is 5.13 Å². The van der Waals surface area contributed by atoms with Gasteiger partial charge in [0.05, 0.1) is 0 Å². The van der Waals surface area contributed by atoms with E-state index in [1.54, 1.807) is 17.6 Å². The van der Waals surface area contributed by atoms with Crippen LogP contribution in [-0.2, 0) is 11.2 Å². The van der Waals surface area contributed by atoms with E-state index in [0.29, 0.717) is 23.8 Å². The van der Waals surface area contributed by atoms with Gasteiger partial charge in [-0.2, -0.15) is 0 Å². The maximum atomic E-state index is 12.2. The van der Waals surface area contributed by atoms with Crippen LogP contribution in [0.5, 0.6) is 0 Å². The Hall–Kier alpha value is -3.06. The van der Waals surface area contributed by atoms with Crippen LogP contribution in [0.2, 0.25) is 0 Å². The van der Waals surface area contributed by atoms with Crippen molar-refractivity contribution in [2.75, 3.05) is 10.6 Å². The zero-order valence-electron chi connectivity index (χ0n) is 14.2. The number of aromatic nitrogens is 2. The van der Waals surface area contributed by atoms with E-state index < -0.39 is 0 Å². The molecule has 0 aliphatic heterocycles. The number of hydrogen-bond acceptors (Lipinski definition) is 5. The van der Waals surface area contributed by atoms with Gasteiger partial charge in [0, 0.05) is 18.0 Å². The van der Waals surface area contributed by atoms with Crippen molar-refractivity contribution < 1.29 is 9.59 Å². The Morgan fingerprint density at radius 2 is 1.88 bits per heavy atom. The molecule has 2 heterocycles. The highest BCUT2D eigenvalue weighted by molar-refractivity contribution is 7.14. The molecule has 3 aromatic rings. The lowest BCUT2D eigenvalue weighted by Crippen LogP contribution is -2.15. The molecule has 0 saturated carbocycles. The third-order valence-corrected chi connectivity index (χ3v) is 4.38. The summed E-state index contributed by atoms with van der Waals surface area (Å²) in [6.45, 7) is 1.92. The van der Waals surface area contributed by atoms with Crippen LogP contribution in [0.1, 0.15) is 28.0 Å². The summed E-state index contributed by atoms with van der Waals surface area (Å²) in [6, 6.07) is 13.4. The molecule has 3 rings (SSSR count). The lowest BCUT2D eigenvalue weighted by molar-refractivity contribution is -0.116. The lowest BCUT2D eigenvalue weighted by Gasteiger charge is -2.03. The molecule has 2 aromatic heterocycles. The molecular formula is C19H18N4O2S. The molecule has 2 amide bonds. The van der Waals surface area contributed by atoms with Crippen LogP contribution in [0.25, 0.3) is 0 Å². The van der Waals surface area contributed by atoms with Gasteiger partial charge >= 0.3 is 0 Å². The van der Waals surface area contributed by atoms with Gasteiger partial charge in [-0.25, -0.2) is 9.97 Å². The van der Waals surface area contributed by atoms with Crippen molar-refractivity contribution in [1.29, 1.82) is 0 Å². The first-order valence-corrected chi connectivity index (χ1v) is 9.01. The second-order valence-electron chi connectivity index (χ2n) is 5.75. The van der Waals surface area contributed by atoms with Crippen molar-refractivity contribution in [3.8, 4) is 0 Å². The number of pyridine rings is 1. The summed E-state index contributed by atoms with van der Waals surface area (Å²) in [5.74, 6) is -0.0280.